The smallest absolute Gasteiger partial charge is 0.259 e. The van der Waals surface area contributed by atoms with Crippen LogP contribution < -0.4 is 4.74 Å². The highest BCUT2D eigenvalue weighted by atomic mass is 16.5. The Kier molecular flexibility index (Phi) is 6.84. The summed E-state index contributed by atoms with van der Waals surface area (Å²) in [6.45, 7) is 9.92. The van der Waals surface area contributed by atoms with Crippen molar-refractivity contribution in [1.82, 2.24) is 15.1 Å². The lowest BCUT2D eigenvalue weighted by molar-refractivity contribution is 0.0532. The number of aliphatic hydroxyl groups excluding tert-OH is 2. The number of aliphatic hydroxyl groups is 2. The van der Waals surface area contributed by atoms with Gasteiger partial charge in [0.05, 0.1) is 12.2 Å². The first-order valence-corrected chi connectivity index (χ1v) is 10.1. The van der Waals surface area contributed by atoms with Gasteiger partial charge in [0.15, 0.2) is 0 Å². The lowest BCUT2D eigenvalue weighted by Gasteiger charge is -2.15. The van der Waals surface area contributed by atoms with E-state index in [1.807, 2.05) is 39.0 Å². The first kappa shape index (κ1) is 21.9. The van der Waals surface area contributed by atoms with Gasteiger partial charge >= 0.3 is 0 Å². The summed E-state index contributed by atoms with van der Waals surface area (Å²) in [5.74, 6) is 2.14. The molecule has 0 unspecified atom stereocenters. The molecule has 0 amide bonds. The Morgan fingerprint density at radius 2 is 1.70 bits per heavy atom. The van der Waals surface area contributed by atoms with Crippen LogP contribution in [0.4, 0.5) is 0 Å². The Morgan fingerprint density at radius 3 is 2.30 bits per heavy atom. The van der Waals surface area contributed by atoms with E-state index in [1.165, 1.54) is 0 Å². The van der Waals surface area contributed by atoms with Gasteiger partial charge in [-0.3, -0.25) is 4.98 Å². The van der Waals surface area contributed by atoms with Gasteiger partial charge in [0.2, 0.25) is 5.82 Å². The van der Waals surface area contributed by atoms with Crippen LogP contribution in [0.5, 0.6) is 5.75 Å². The van der Waals surface area contributed by atoms with Crippen LogP contribution in [0.15, 0.2) is 28.9 Å². The first-order chi connectivity index (χ1) is 14.3. The minimum absolute atomic E-state index is 0.0308. The van der Waals surface area contributed by atoms with Gasteiger partial charge in [0.1, 0.15) is 18.5 Å². The number of aromatic nitrogens is 3. The summed E-state index contributed by atoms with van der Waals surface area (Å²) in [5.41, 5.74) is 5.58. The summed E-state index contributed by atoms with van der Waals surface area (Å²) in [4.78, 5) is 9.13. The van der Waals surface area contributed by atoms with Gasteiger partial charge in [-0.05, 0) is 68.0 Å². The monoisotopic (exact) mass is 411 g/mol. The fourth-order valence-electron chi connectivity index (χ4n) is 3.32. The zero-order valence-corrected chi connectivity index (χ0v) is 18.1. The topological polar surface area (TPSA) is 102 Å². The molecular formula is C23H29N3O4. The Labute approximate surface area is 176 Å². The average Bonchev–Trinajstić information content (AvgIpc) is 3.18. The van der Waals surface area contributed by atoms with Crippen molar-refractivity contribution in [1.29, 1.82) is 0 Å². The third-order valence-electron chi connectivity index (χ3n) is 4.81. The van der Waals surface area contributed by atoms with Crippen molar-refractivity contribution >= 4 is 0 Å². The van der Waals surface area contributed by atoms with E-state index in [1.54, 1.807) is 6.20 Å². The number of nitrogens with zero attached hydrogens (tertiary/aromatic N) is 3. The molecule has 2 N–H and O–H groups in total. The van der Waals surface area contributed by atoms with Crippen molar-refractivity contribution in [2.75, 3.05) is 13.2 Å². The number of pyridine rings is 1. The van der Waals surface area contributed by atoms with Gasteiger partial charge in [-0.1, -0.05) is 19.0 Å². The summed E-state index contributed by atoms with van der Waals surface area (Å²) in [6, 6.07) is 5.86. The molecule has 0 spiro atoms. The van der Waals surface area contributed by atoms with Crippen molar-refractivity contribution in [3.05, 3.63) is 46.8 Å². The predicted octanol–water partition coefficient (Wildman–Crippen LogP) is 3.65. The molecule has 1 aromatic carbocycles. The fourth-order valence-corrected chi connectivity index (χ4v) is 3.32. The number of hydrogen-bond acceptors (Lipinski definition) is 7. The SMILES string of the molecule is Cc1cc(-c2nc(-c3cc(C)c(OC[C@H](O)CO)c(C)c3)no2)cnc1CC(C)C. The van der Waals surface area contributed by atoms with E-state index in [0.29, 0.717) is 23.4 Å². The summed E-state index contributed by atoms with van der Waals surface area (Å²) < 4.78 is 11.1. The van der Waals surface area contributed by atoms with Gasteiger partial charge in [0.25, 0.3) is 5.89 Å². The molecule has 30 heavy (non-hydrogen) atoms. The van der Waals surface area contributed by atoms with E-state index in [2.05, 4.69) is 29.0 Å². The quantitative estimate of drug-likeness (QED) is 0.583. The minimum Gasteiger partial charge on any atom is -0.490 e. The lowest BCUT2D eigenvalue weighted by atomic mass is 10.0. The molecule has 0 saturated heterocycles. The van der Waals surface area contributed by atoms with Crippen LogP contribution in [0, 0.1) is 26.7 Å². The van der Waals surface area contributed by atoms with Crippen LogP contribution in [-0.2, 0) is 6.42 Å². The third kappa shape index (κ3) is 5.04. The van der Waals surface area contributed by atoms with Crippen LogP contribution in [-0.4, -0.2) is 44.7 Å². The molecule has 0 aliphatic heterocycles. The molecular weight excluding hydrogens is 382 g/mol. The Bertz CT molecular complexity index is 990. The highest BCUT2D eigenvalue weighted by Crippen LogP contribution is 2.30. The largest absolute Gasteiger partial charge is 0.490 e. The molecule has 7 nitrogen and oxygen atoms in total. The van der Waals surface area contributed by atoms with E-state index in [9.17, 15) is 5.11 Å². The van der Waals surface area contributed by atoms with Gasteiger partial charge in [0, 0.05) is 17.5 Å². The molecule has 2 aromatic heterocycles. The molecule has 7 heteroatoms. The Morgan fingerprint density at radius 1 is 1.03 bits per heavy atom. The zero-order chi connectivity index (χ0) is 21.8. The highest BCUT2D eigenvalue weighted by molar-refractivity contribution is 5.63. The van der Waals surface area contributed by atoms with Crippen molar-refractivity contribution in [2.45, 2.75) is 47.1 Å². The van der Waals surface area contributed by atoms with Crippen molar-refractivity contribution < 1.29 is 19.5 Å². The molecule has 3 aromatic rings. The summed E-state index contributed by atoms with van der Waals surface area (Å²) in [7, 11) is 0. The van der Waals surface area contributed by atoms with Gasteiger partial charge in [-0.25, -0.2) is 0 Å². The lowest BCUT2D eigenvalue weighted by Crippen LogP contribution is -2.21. The summed E-state index contributed by atoms with van der Waals surface area (Å²) in [5, 5.41) is 22.6. The van der Waals surface area contributed by atoms with Crippen molar-refractivity contribution in [3.63, 3.8) is 0 Å². The Balaban J connectivity index is 1.83. The summed E-state index contributed by atoms with van der Waals surface area (Å²) in [6.07, 6.45) is 1.80. The van der Waals surface area contributed by atoms with E-state index >= 15 is 0 Å². The maximum atomic E-state index is 9.51. The zero-order valence-electron chi connectivity index (χ0n) is 18.1. The number of aryl methyl sites for hydroxylation is 3. The highest BCUT2D eigenvalue weighted by Gasteiger charge is 2.16. The minimum atomic E-state index is -0.910. The van der Waals surface area contributed by atoms with Crippen LogP contribution in [0.3, 0.4) is 0 Å². The molecule has 3 rings (SSSR count). The number of hydrogen-bond donors (Lipinski definition) is 2. The molecule has 2 heterocycles. The number of rotatable bonds is 8. The van der Waals surface area contributed by atoms with E-state index in [0.717, 1.165) is 39.9 Å². The van der Waals surface area contributed by atoms with Gasteiger partial charge in [-0.2, -0.15) is 4.98 Å². The first-order valence-electron chi connectivity index (χ1n) is 10.1. The predicted molar refractivity (Wildman–Crippen MR) is 114 cm³/mol. The molecule has 1 atom stereocenters. The maximum absolute atomic E-state index is 9.51. The van der Waals surface area contributed by atoms with Crippen LogP contribution in [0.2, 0.25) is 0 Å². The molecule has 0 fully saturated rings. The maximum Gasteiger partial charge on any atom is 0.259 e. The number of benzene rings is 1. The van der Waals surface area contributed by atoms with E-state index in [-0.39, 0.29) is 13.2 Å². The molecule has 0 aliphatic carbocycles. The molecule has 160 valence electrons. The van der Waals surface area contributed by atoms with Crippen LogP contribution >= 0.6 is 0 Å². The number of ether oxygens (including phenoxy) is 1. The molecule has 0 saturated carbocycles. The van der Waals surface area contributed by atoms with Crippen molar-refractivity contribution in [3.8, 4) is 28.6 Å². The van der Waals surface area contributed by atoms with Crippen LogP contribution in [0.1, 0.15) is 36.2 Å². The van der Waals surface area contributed by atoms with E-state index in [4.69, 9.17) is 14.4 Å². The van der Waals surface area contributed by atoms with Crippen molar-refractivity contribution in [2.24, 2.45) is 5.92 Å². The average molecular weight is 412 g/mol. The summed E-state index contributed by atoms with van der Waals surface area (Å²) >= 11 is 0. The Hall–Kier alpha value is -2.77. The van der Waals surface area contributed by atoms with Gasteiger partial charge in [-0.15, -0.1) is 0 Å². The second-order valence-electron chi connectivity index (χ2n) is 8.10. The molecule has 0 aliphatic rings. The standard InChI is InChI=1S/C23H29N3O4/c1-13(2)6-20-14(3)7-18(10-24-20)23-25-22(26-30-23)17-8-15(4)21(16(5)9-17)29-12-19(28)11-27/h7-10,13,19,27-28H,6,11-12H2,1-5H3/t19-/m1/s1. The fraction of sp³-hybridized carbons (Fsp3) is 0.435. The molecule has 0 radical (unpaired) electrons. The molecule has 0 bridgehead atoms. The van der Waals surface area contributed by atoms with Crippen LogP contribution in [0.25, 0.3) is 22.8 Å². The third-order valence-corrected chi connectivity index (χ3v) is 4.81. The second-order valence-corrected chi connectivity index (χ2v) is 8.10. The van der Waals surface area contributed by atoms with Gasteiger partial charge < -0.3 is 19.5 Å². The van der Waals surface area contributed by atoms with E-state index < -0.39 is 6.10 Å². The second kappa shape index (κ2) is 9.36. The normalized spacial score (nSPS) is 12.4.